The fourth-order valence-corrected chi connectivity index (χ4v) is 2.06. The third-order valence-corrected chi connectivity index (χ3v) is 3.15. The zero-order valence-electron chi connectivity index (χ0n) is 8.61. The maximum absolute atomic E-state index is 13.4. The summed E-state index contributed by atoms with van der Waals surface area (Å²) in [4.78, 5) is 4.78. The number of thiazole rings is 1. The quantitative estimate of drug-likeness (QED) is 0.664. The molecule has 0 saturated heterocycles. The zero-order chi connectivity index (χ0) is 12.3. The highest BCUT2D eigenvalue weighted by molar-refractivity contribution is 7.15. The zero-order valence-corrected chi connectivity index (χ0v) is 10.2. The lowest BCUT2D eigenvalue weighted by Gasteiger charge is -2.06. The molecule has 0 amide bonds. The topological polar surface area (TPSA) is 60.2 Å². The van der Waals surface area contributed by atoms with Gasteiger partial charge in [-0.2, -0.15) is 0 Å². The number of para-hydroxylation sites is 1. The van der Waals surface area contributed by atoms with E-state index in [0.717, 1.165) is 4.88 Å². The normalized spacial score (nSPS) is 10.3. The molecule has 0 atom stereocenters. The molecule has 0 radical (unpaired) electrons. The molecule has 1 aromatic heterocycles. The molecule has 4 nitrogen and oxygen atoms in total. The van der Waals surface area contributed by atoms with Gasteiger partial charge >= 0.3 is 0 Å². The summed E-state index contributed by atoms with van der Waals surface area (Å²) in [6, 6.07) is 4.38. The number of ether oxygens (including phenoxy) is 1. The van der Waals surface area contributed by atoms with Crippen LogP contribution in [0.15, 0.2) is 24.4 Å². The van der Waals surface area contributed by atoms with Gasteiger partial charge in [-0.15, -0.1) is 0 Å². The fourth-order valence-electron chi connectivity index (χ4n) is 1.20. The molecule has 3 N–H and O–H groups in total. The first-order chi connectivity index (χ1) is 8.20. The Labute approximate surface area is 106 Å². The lowest BCUT2D eigenvalue weighted by molar-refractivity contribution is 0.293. The molecule has 0 aliphatic carbocycles. The smallest absolute Gasteiger partial charge is 0.197 e. The number of nitrogens with zero attached hydrogens (tertiary/aromatic N) is 1. The van der Waals surface area contributed by atoms with Crippen LogP contribution in [-0.2, 0) is 6.61 Å². The Morgan fingerprint density at radius 3 is 3.00 bits per heavy atom. The van der Waals surface area contributed by atoms with Crippen LogP contribution in [0.2, 0.25) is 5.02 Å². The van der Waals surface area contributed by atoms with Gasteiger partial charge in [0.05, 0.1) is 9.90 Å². The minimum absolute atomic E-state index is 0.0461. The van der Waals surface area contributed by atoms with Crippen LogP contribution in [0, 0.1) is 5.82 Å². The highest BCUT2D eigenvalue weighted by Crippen LogP contribution is 2.28. The largest absolute Gasteiger partial charge is 0.483 e. The monoisotopic (exact) mass is 273 g/mol. The SMILES string of the molecule is NNc1ncc(COc2c(F)cccc2Cl)s1. The van der Waals surface area contributed by atoms with Crippen molar-refractivity contribution in [1.82, 2.24) is 4.98 Å². The van der Waals surface area contributed by atoms with Crippen LogP contribution in [0.3, 0.4) is 0 Å². The lowest BCUT2D eigenvalue weighted by Crippen LogP contribution is -2.05. The molecule has 2 aromatic rings. The summed E-state index contributed by atoms with van der Waals surface area (Å²) >= 11 is 7.14. The molecule has 0 bridgehead atoms. The van der Waals surface area contributed by atoms with Crippen LogP contribution in [0.5, 0.6) is 5.75 Å². The van der Waals surface area contributed by atoms with Crippen LogP contribution < -0.4 is 16.0 Å². The number of nitrogens with one attached hydrogen (secondary N) is 1. The Balaban J connectivity index is 2.07. The number of hydrogen-bond acceptors (Lipinski definition) is 5. The third-order valence-electron chi connectivity index (χ3n) is 1.95. The van der Waals surface area contributed by atoms with Crippen molar-refractivity contribution >= 4 is 28.1 Å². The predicted molar refractivity (Wildman–Crippen MR) is 65.7 cm³/mol. The van der Waals surface area contributed by atoms with Crippen molar-refractivity contribution in [3.63, 3.8) is 0 Å². The molecule has 17 heavy (non-hydrogen) atoms. The van der Waals surface area contributed by atoms with Gasteiger partial charge in [0, 0.05) is 6.20 Å². The van der Waals surface area contributed by atoms with Crippen LogP contribution >= 0.6 is 22.9 Å². The summed E-state index contributed by atoms with van der Waals surface area (Å²) in [6.07, 6.45) is 1.61. The minimum Gasteiger partial charge on any atom is -0.483 e. The van der Waals surface area contributed by atoms with Crippen LogP contribution in [0.4, 0.5) is 9.52 Å². The number of hydrogen-bond donors (Lipinski definition) is 2. The van der Waals surface area contributed by atoms with E-state index in [4.69, 9.17) is 22.2 Å². The van der Waals surface area contributed by atoms with Gasteiger partial charge in [-0.05, 0) is 12.1 Å². The summed E-state index contributed by atoms with van der Waals surface area (Å²) < 4.78 is 18.7. The van der Waals surface area contributed by atoms with Crippen LogP contribution in [-0.4, -0.2) is 4.98 Å². The van der Waals surface area contributed by atoms with Crippen LogP contribution in [0.25, 0.3) is 0 Å². The number of halogens is 2. The maximum Gasteiger partial charge on any atom is 0.197 e. The number of aromatic nitrogens is 1. The van der Waals surface area contributed by atoms with Crippen molar-refractivity contribution in [3.8, 4) is 5.75 Å². The van der Waals surface area contributed by atoms with Gasteiger partial charge in [0.1, 0.15) is 6.61 Å². The lowest BCUT2D eigenvalue weighted by atomic mass is 10.3. The van der Waals surface area contributed by atoms with E-state index in [-0.39, 0.29) is 17.4 Å². The van der Waals surface area contributed by atoms with Crippen molar-refractivity contribution in [2.75, 3.05) is 5.43 Å². The first-order valence-corrected chi connectivity index (χ1v) is 5.88. The Hall–Kier alpha value is -1.37. The summed E-state index contributed by atoms with van der Waals surface area (Å²) in [7, 11) is 0. The van der Waals surface area contributed by atoms with E-state index in [1.165, 1.54) is 23.5 Å². The summed E-state index contributed by atoms with van der Waals surface area (Å²) in [5.74, 6) is 4.75. The maximum atomic E-state index is 13.4. The standard InChI is InChI=1S/C10H9ClFN3OS/c11-7-2-1-3-8(12)9(7)16-5-6-4-14-10(15-13)17-6/h1-4H,5,13H2,(H,14,15). The Morgan fingerprint density at radius 2 is 2.35 bits per heavy atom. The van der Waals surface area contributed by atoms with E-state index in [1.807, 2.05) is 0 Å². The van der Waals surface area contributed by atoms with Gasteiger partial charge in [-0.25, -0.2) is 15.2 Å². The van der Waals surface area contributed by atoms with Crippen molar-refractivity contribution in [1.29, 1.82) is 0 Å². The molecule has 1 aromatic carbocycles. The van der Waals surface area contributed by atoms with Gasteiger partial charge in [-0.1, -0.05) is 29.0 Å². The van der Waals surface area contributed by atoms with E-state index < -0.39 is 5.82 Å². The number of rotatable bonds is 4. The first kappa shape index (κ1) is 12.1. The van der Waals surface area contributed by atoms with Crippen molar-refractivity contribution < 1.29 is 9.13 Å². The molecular formula is C10H9ClFN3OS. The van der Waals surface area contributed by atoms with Gasteiger partial charge < -0.3 is 4.74 Å². The Kier molecular flexibility index (Phi) is 3.78. The van der Waals surface area contributed by atoms with Gasteiger partial charge in [0.2, 0.25) is 0 Å². The average molecular weight is 274 g/mol. The molecule has 0 saturated carbocycles. The molecular weight excluding hydrogens is 265 g/mol. The number of hydrazine groups is 1. The summed E-state index contributed by atoms with van der Waals surface area (Å²) in [6.45, 7) is 0.194. The second-order valence-corrected chi connectivity index (χ2v) is 4.64. The predicted octanol–water partition coefficient (Wildman–Crippen LogP) is 2.80. The van der Waals surface area contributed by atoms with Gasteiger partial charge in [0.15, 0.2) is 16.7 Å². The highest BCUT2D eigenvalue weighted by Gasteiger charge is 2.09. The third kappa shape index (κ3) is 2.85. The minimum atomic E-state index is -0.487. The van der Waals surface area contributed by atoms with Gasteiger partial charge in [-0.3, -0.25) is 5.43 Å². The molecule has 90 valence electrons. The highest BCUT2D eigenvalue weighted by atomic mass is 35.5. The van der Waals surface area contributed by atoms with Crippen molar-refractivity contribution in [2.45, 2.75) is 6.61 Å². The second kappa shape index (κ2) is 5.31. The summed E-state index contributed by atoms with van der Waals surface area (Å²) in [5, 5.41) is 0.815. The van der Waals surface area contributed by atoms with E-state index in [2.05, 4.69) is 10.4 Å². The molecule has 2 rings (SSSR count). The average Bonchev–Trinajstić information content (AvgIpc) is 2.76. The van der Waals surface area contributed by atoms with E-state index >= 15 is 0 Å². The molecule has 0 aliphatic rings. The molecule has 0 aliphatic heterocycles. The summed E-state index contributed by atoms with van der Waals surface area (Å²) in [5.41, 5.74) is 2.42. The Morgan fingerprint density at radius 1 is 1.53 bits per heavy atom. The van der Waals surface area contributed by atoms with Crippen LogP contribution in [0.1, 0.15) is 4.88 Å². The molecule has 0 unspecified atom stereocenters. The fraction of sp³-hybridized carbons (Fsp3) is 0.100. The number of nitrogen functional groups attached to an aromatic ring is 1. The number of anilines is 1. The number of nitrogens with two attached hydrogens (primary N) is 1. The van der Waals surface area contributed by atoms with E-state index in [1.54, 1.807) is 12.3 Å². The van der Waals surface area contributed by atoms with Crippen molar-refractivity contribution in [3.05, 3.63) is 40.1 Å². The Bertz CT molecular complexity index is 500. The second-order valence-electron chi connectivity index (χ2n) is 3.12. The van der Waals surface area contributed by atoms with E-state index in [9.17, 15) is 4.39 Å². The van der Waals surface area contributed by atoms with E-state index in [0.29, 0.717) is 5.13 Å². The van der Waals surface area contributed by atoms with Crippen molar-refractivity contribution in [2.24, 2.45) is 5.84 Å². The first-order valence-electron chi connectivity index (χ1n) is 4.69. The molecule has 7 heteroatoms. The molecule has 1 heterocycles. The van der Waals surface area contributed by atoms with Gasteiger partial charge in [0.25, 0.3) is 0 Å². The molecule has 0 spiro atoms. The molecule has 0 fully saturated rings. The number of benzene rings is 1.